The fourth-order valence-electron chi connectivity index (χ4n) is 3.68. The molecule has 4 heterocycles. The SMILES string of the molecule is Cn1cc(CNCC2Cn3c(-c4ccc5c(c4)OCCO5)cnc3CO2)cn1. The molecule has 8 nitrogen and oxygen atoms in total. The van der Waals surface area contributed by atoms with Crippen molar-refractivity contribution in [2.75, 3.05) is 19.8 Å². The Balaban J connectivity index is 1.28. The maximum atomic E-state index is 5.98. The molecule has 28 heavy (non-hydrogen) atoms. The fraction of sp³-hybridized carbons (Fsp3) is 0.400. The van der Waals surface area contributed by atoms with Crippen LogP contribution in [0, 0.1) is 0 Å². The summed E-state index contributed by atoms with van der Waals surface area (Å²) in [5.41, 5.74) is 3.32. The van der Waals surface area contributed by atoms with Crippen LogP contribution in [-0.4, -0.2) is 45.2 Å². The molecule has 5 rings (SSSR count). The van der Waals surface area contributed by atoms with Crippen molar-refractivity contribution < 1.29 is 14.2 Å². The van der Waals surface area contributed by atoms with Crippen LogP contribution in [0.25, 0.3) is 11.3 Å². The van der Waals surface area contributed by atoms with Crippen molar-refractivity contribution in [1.82, 2.24) is 24.6 Å². The second-order valence-corrected chi connectivity index (χ2v) is 7.11. The van der Waals surface area contributed by atoms with Crippen molar-refractivity contribution in [2.24, 2.45) is 7.05 Å². The van der Waals surface area contributed by atoms with Crippen LogP contribution in [0.1, 0.15) is 11.4 Å². The number of benzene rings is 1. The normalized spacial score (nSPS) is 18.1. The van der Waals surface area contributed by atoms with E-state index >= 15 is 0 Å². The highest BCUT2D eigenvalue weighted by Crippen LogP contribution is 2.35. The predicted octanol–water partition coefficient (Wildman–Crippen LogP) is 1.74. The smallest absolute Gasteiger partial charge is 0.162 e. The van der Waals surface area contributed by atoms with Crippen LogP contribution in [0.4, 0.5) is 0 Å². The Kier molecular flexibility index (Phi) is 4.50. The van der Waals surface area contributed by atoms with Crippen LogP contribution in [0.2, 0.25) is 0 Å². The Morgan fingerprint density at radius 1 is 1.18 bits per heavy atom. The van der Waals surface area contributed by atoms with E-state index in [0.717, 1.165) is 48.2 Å². The van der Waals surface area contributed by atoms with E-state index in [-0.39, 0.29) is 6.10 Å². The first-order valence-corrected chi connectivity index (χ1v) is 9.50. The van der Waals surface area contributed by atoms with Crippen molar-refractivity contribution in [1.29, 1.82) is 0 Å². The average molecular weight is 381 g/mol. The first kappa shape index (κ1) is 17.3. The van der Waals surface area contributed by atoms with Gasteiger partial charge in [0.25, 0.3) is 0 Å². The van der Waals surface area contributed by atoms with Gasteiger partial charge in [-0.1, -0.05) is 0 Å². The molecule has 0 fully saturated rings. The minimum absolute atomic E-state index is 0.0920. The molecule has 0 amide bonds. The first-order chi connectivity index (χ1) is 13.8. The van der Waals surface area contributed by atoms with Crippen LogP contribution in [0.5, 0.6) is 11.5 Å². The highest BCUT2D eigenvalue weighted by Gasteiger charge is 2.23. The molecule has 2 aromatic heterocycles. The van der Waals surface area contributed by atoms with Gasteiger partial charge in [0.15, 0.2) is 11.5 Å². The van der Waals surface area contributed by atoms with Crippen molar-refractivity contribution in [2.45, 2.75) is 25.8 Å². The second-order valence-electron chi connectivity index (χ2n) is 7.11. The molecule has 0 bridgehead atoms. The summed E-state index contributed by atoms with van der Waals surface area (Å²) >= 11 is 0. The van der Waals surface area contributed by atoms with Gasteiger partial charge in [-0.3, -0.25) is 4.68 Å². The van der Waals surface area contributed by atoms with E-state index < -0.39 is 0 Å². The molecule has 2 aliphatic heterocycles. The Morgan fingerprint density at radius 2 is 2.07 bits per heavy atom. The molecule has 3 aromatic rings. The number of nitrogens with zero attached hydrogens (tertiary/aromatic N) is 4. The third-order valence-corrected chi connectivity index (χ3v) is 5.07. The molecule has 0 spiro atoms. The van der Waals surface area contributed by atoms with E-state index in [1.54, 1.807) is 0 Å². The monoisotopic (exact) mass is 381 g/mol. The molecule has 8 heteroatoms. The molecule has 1 N–H and O–H groups in total. The molecule has 2 aliphatic rings. The zero-order chi connectivity index (χ0) is 18.9. The number of ether oxygens (including phenoxy) is 3. The highest BCUT2D eigenvalue weighted by atomic mass is 16.6. The molecule has 1 unspecified atom stereocenters. The summed E-state index contributed by atoms with van der Waals surface area (Å²) in [5.74, 6) is 2.55. The van der Waals surface area contributed by atoms with Crippen molar-refractivity contribution in [3.63, 3.8) is 0 Å². The van der Waals surface area contributed by atoms with Gasteiger partial charge in [-0.25, -0.2) is 4.98 Å². The lowest BCUT2D eigenvalue weighted by atomic mass is 10.1. The van der Waals surface area contributed by atoms with Gasteiger partial charge in [-0.05, 0) is 18.2 Å². The molecule has 0 radical (unpaired) electrons. The lowest BCUT2D eigenvalue weighted by molar-refractivity contribution is 0.00325. The lowest BCUT2D eigenvalue weighted by Crippen LogP contribution is -2.36. The maximum Gasteiger partial charge on any atom is 0.162 e. The van der Waals surface area contributed by atoms with Gasteiger partial charge in [0.05, 0.1) is 30.7 Å². The summed E-state index contributed by atoms with van der Waals surface area (Å²) in [7, 11) is 1.92. The molecular weight excluding hydrogens is 358 g/mol. The molecule has 1 aromatic carbocycles. The van der Waals surface area contributed by atoms with Gasteiger partial charge in [0.1, 0.15) is 25.6 Å². The number of nitrogens with one attached hydrogen (secondary N) is 1. The number of aromatic nitrogens is 4. The number of rotatable bonds is 5. The van der Waals surface area contributed by atoms with E-state index in [4.69, 9.17) is 14.2 Å². The van der Waals surface area contributed by atoms with E-state index in [9.17, 15) is 0 Å². The summed E-state index contributed by atoms with van der Waals surface area (Å²) in [5, 5.41) is 7.65. The number of hydrogen-bond donors (Lipinski definition) is 1. The van der Waals surface area contributed by atoms with Crippen molar-refractivity contribution in [3.05, 3.63) is 48.2 Å². The molecule has 0 aliphatic carbocycles. The molecule has 0 saturated carbocycles. The van der Waals surface area contributed by atoms with Crippen molar-refractivity contribution >= 4 is 0 Å². The third-order valence-electron chi connectivity index (χ3n) is 5.07. The third kappa shape index (κ3) is 3.36. The van der Waals surface area contributed by atoms with Gasteiger partial charge in [-0.15, -0.1) is 0 Å². The van der Waals surface area contributed by atoms with Gasteiger partial charge >= 0.3 is 0 Å². The molecular formula is C20H23N5O3. The highest BCUT2D eigenvalue weighted by molar-refractivity contribution is 5.64. The van der Waals surface area contributed by atoms with Gasteiger partial charge in [-0.2, -0.15) is 5.10 Å². The largest absolute Gasteiger partial charge is 0.486 e. The number of imidazole rings is 1. The Hall–Kier alpha value is -2.84. The zero-order valence-electron chi connectivity index (χ0n) is 15.8. The summed E-state index contributed by atoms with van der Waals surface area (Å²) in [6, 6.07) is 6.06. The minimum atomic E-state index is 0.0920. The standard InChI is InChI=1S/C20H23N5O3/c1-24-11-14(8-23-24)7-21-9-16-12-25-17(10-22-20(25)13-28-16)15-2-3-18-19(6-15)27-5-4-26-18/h2-3,6,8,10-11,16,21H,4-5,7,9,12-13H2,1H3. The fourth-order valence-corrected chi connectivity index (χ4v) is 3.68. The topological polar surface area (TPSA) is 75.4 Å². The van der Waals surface area contributed by atoms with Crippen LogP contribution >= 0.6 is 0 Å². The summed E-state index contributed by atoms with van der Waals surface area (Å²) in [6.07, 6.45) is 5.90. The number of hydrogen-bond acceptors (Lipinski definition) is 6. The van der Waals surface area contributed by atoms with E-state index in [1.165, 1.54) is 5.56 Å². The van der Waals surface area contributed by atoms with E-state index in [1.807, 2.05) is 42.5 Å². The minimum Gasteiger partial charge on any atom is -0.486 e. The van der Waals surface area contributed by atoms with Crippen LogP contribution in [0.3, 0.4) is 0 Å². The number of aryl methyl sites for hydroxylation is 1. The summed E-state index contributed by atoms with van der Waals surface area (Å²) in [4.78, 5) is 4.54. The zero-order valence-corrected chi connectivity index (χ0v) is 15.8. The van der Waals surface area contributed by atoms with Crippen molar-refractivity contribution in [3.8, 4) is 22.8 Å². The van der Waals surface area contributed by atoms with Gasteiger partial charge in [0, 0.05) is 37.5 Å². The molecule has 146 valence electrons. The number of fused-ring (bicyclic) bond motifs is 2. The van der Waals surface area contributed by atoms with Crippen LogP contribution < -0.4 is 14.8 Å². The Labute approximate surface area is 163 Å². The lowest BCUT2D eigenvalue weighted by Gasteiger charge is -2.26. The maximum absolute atomic E-state index is 5.98. The Morgan fingerprint density at radius 3 is 2.93 bits per heavy atom. The Bertz CT molecular complexity index is 980. The quantitative estimate of drug-likeness (QED) is 0.726. The first-order valence-electron chi connectivity index (χ1n) is 9.50. The summed E-state index contributed by atoms with van der Waals surface area (Å²) < 4.78 is 21.4. The van der Waals surface area contributed by atoms with Crippen LogP contribution in [-0.2, 0) is 31.5 Å². The van der Waals surface area contributed by atoms with E-state index in [0.29, 0.717) is 19.8 Å². The van der Waals surface area contributed by atoms with Gasteiger partial charge < -0.3 is 24.1 Å². The molecule has 0 saturated heterocycles. The van der Waals surface area contributed by atoms with Crippen LogP contribution in [0.15, 0.2) is 36.8 Å². The second kappa shape index (κ2) is 7.29. The summed E-state index contributed by atoms with van der Waals surface area (Å²) in [6.45, 7) is 4.01. The van der Waals surface area contributed by atoms with E-state index in [2.05, 4.69) is 26.0 Å². The predicted molar refractivity (Wildman–Crippen MR) is 102 cm³/mol. The molecule has 1 atom stereocenters. The van der Waals surface area contributed by atoms with Gasteiger partial charge in [0.2, 0.25) is 0 Å². The average Bonchev–Trinajstić information content (AvgIpc) is 3.33.